The van der Waals surface area contributed by atoms with Gasteiger partial charge in [-0.2, -0.15) is 0 Å². The van der Waals surface area contributed by atoms with E-state index in [1.54, 1.807) is 4.90 Å². The van der Waals surface area contributed by atoms with Gasteiger partial charge in [-0.3, -0.25) is 10.1 Å². The fourth-order valence-electron chi connectivity index (χ4n) is 1.64. The Bertz CT molecular complexity index is 443. The molecule has 0 saturated heterocycles. The molecule has 0 heterocycles. The Balaban J connectivity index is 3.18. The summed E-state index contributed by atoms with van der Waals surface area (Å²) >= 11 is 3.02. The second-order valence-corrected chi connectivity index (χ2v) is 4.52. The molecule has 0 atom stereocenters. The van der Waals surface area contributed by atoms with Crippen LogP contribution < -0.4 is 4.90 Å². The third kappa shape index (κ3) is 3.39. The first-order valence-electron chi connectivity index (χ1n) is 5.50. The summed E-state index contributed by atoms with van der Waals surface area (Å²) in [7, 11) is 0. The zero-order valence-electron chi connectivity index (χ0n) is 9.90. The van der Waals surface area contributed by atoms with Crippen molar-refractivity contribution in [3.05, 3.63) is 32.5 Å². The highest BCUT2D eigenvalue weighted by molar-refractivity contribution is 9.10. The molecule has 0 aliphatic carbocycles. The van der Waals surface area contributed by atoms with Crippen LogP contribution in [0.5, 0.6) is 0 Å². The van der Waals surface area contributed by atoms with Gasteiger partial charge in [0.05, 0.1) is 15.5 Å². The number of nitro groups is 1. The molecular formula is C11H14BrFN2O3. The van der Waals surface area contributed by atoms with Gasteiger partial charge >= 0.3 is 0 Å². The first-order chi connectivity index (χ1) is 8.51. The first-order valence-corrected chi connectivity index (χ1v) is 6.29. The molecule has 18 heavy (non-hydrogen) atoms. The van der Waals surface area contributed by atoms with Gasteiger partial charge in [-0.25, -0.2) is 4.39 Å². The topological polar surface area (TPSA) is 66.6 Å². The molecule has 0 bridgehead atoms. The van der Waals surface area contributed by atoms with E-state index in [1.165, 1.54) is 6.07 Å². The first kappa shape index (κ1) is 14.8. The van der Waals surface area contributed by atoms with Crippen LogP contribution >= 0.6 is 15.9 Å². The van der Waals surface area contributed by atoms with Crippen LogP contribution in [0.3, 0.4) is 0 Å². The van der Waals surface area contributed by atoms with Crippen molar-refractivity contribution in [1.82, 2.24) is 0 Å². The van der Waals surface area contributed by atoms with Crippen molar-refractivity contribution in [1.29, 1.82) is 0 Å². The number of halogens is 2. The van der Waals surface area contributed by atoms with Crippen LogP contribution in [-0.4, -0.2) is 29.7 Å². The van der Waals surface area contributed by atoms with E-state index in [2.05, 4.69) is 15.9 Å². The normalized spacial score (nSPS) is 10.4. The average molecular weight is 321 g/mol. The molecule has 0 aliphatic heterocycles. The van der Waals surface area contributed by atoms with E-state index < -0.39 is 10.7 Å². The predicted octanol–water partition coefficient (Wildman–Crippen LogP) is 2.71. The van der Waals surface area contributed by atoms with Crippen LogP contribution in [0.4, 0.5) is 15.8 Å². The molecule has 0 aliphatic rings. The summed E-state index contributed by atoms with van der Waals surface area (Å²) < 4.78 is 13.5. The summed E-state index contributed by atoms with van der Waals surface area (Å²) in [6, 6.07) is 2.30. The molecule has 1 rings (SSSR count). The smallest absolute Gasteiger partial charge is 0.295 e. The summed E-state index contributed by atoms with van der Waals surface area (Å²) in [6.45, 7) is 2.87. The van der Waals surface area contributed by atoms with Gasteiger partial charge in [0.2, 0.25) is 0 Å². The lowest BCUT2D eigenvalue weighted by Crippen LogP contribution is -2.25. The number of aliphatic hydroxyl groups excluding tert-OH is 1. The molecule has 0 aromatic heterocycles. The van der Waals surface area contributed by atoms with Gasteiger partial charge in [-0.15, -0.1) is 0 Å². The van der Waals surface area contributed by atoms with E-state index in [0.717, 1.165) is 6.07 Å². The quantitative estimate of drug-likeness (QED) is 0.646. The summed E-state index contributed by atoms with van der Waals surface area (Å²) in [5, 5.41) is 19.7. The largest absolute Gasteiger partial charge is 0.396 e. The monoisotopic (exact) mass is 320 g/mol. The van der Waals surface area contributed by atoms with Crippen LogP contribution in [0.15, 0.2) is 16.6 Å². The number of aliphatic hydroxyl groups is 1. The molecule has 1 aromatic carbocycles. The van der Waals surface area contributed by atoms with E-state index in [0.29, 0.717) is 25.2 Å². The number of nitro benzene ring substituents is 1. The van der Waals surface area contributed by atoms with Crippen molar-refractivity contribution >= 4 is 27.3 Å². The molecule has 0 spiro atoms. The number of hydrogen-bond acceptors (Lipinski definition) is 4. The fourth-order valence-corrected chi connectivity index (χ4v) is 1.97. The molecule has 0 saturated carbocycles. The third-order valence-electron chi connectivity index (χ3n) is 2.52. The van der Waals surface area contributed by atoms with Gasteiger partial charge in [0.1, 0.15) is 11.5 Å². The van der Waals surface area contributed by atoms with E-state index >= 15 is 0 Å². The highest BCUT2D eigenvalue weighted by atomic mass is 79.9. The molecule has 1 N–H and O–H groups in total. The lowest BCUT2D eigenvalue weighted by Gasteiger charge is -2.22. The summed E-state index contributed by atoms with van der Waals surface area (Å²) in [4.78, 5) is 12.1. The molecular weight excluding hydrogens is 307 g/mol. The van der Waals surface area contributed by atoms with Gasteiger partial charge in [-0.05, 0) is 35.3 Å². The van der Waals surface area contributed by atoms with Gasteiger partial charge in [0.25, 0.3) is 5.69 Å². The average Bonchev–Trinajstić information content (AvgIpc) is 2.33. The van der Waals surface area contributed by atoms with Crippen molar-refractivity contribution in [3.63, 3.8) is 0 Å². The van der Waals surface area contributed by atoms with Crippen LogP contribution in [-0.2, 0) is 0 Å². The fraction of sp³-hybridized carbons (Fsp3) is 0.455. The Morgan fingerprint density at radius 2 is 2.22 bits per heavy atom. The number of hydrogen-bond donors (Lipinski definition) is 1. The van der Waals surface area contributed by atoms with Crippen LogP contribution in [0.1, 0.15) is 13.3 Å². The lowest BCUT2D eigenvalue weighted by molar-refractivity contribution is -0.384. The second-order valence-electron chi connectivity index (χ2n) is 3.67. The Hall–Kier alpha value is -1.21. The van der Waals surface area contributed by atoms with Gasteiger partial charge in [0.15, 0.2) is 0 Å². The zero-order chi connectivity index (χ0) is 13.7. The van der Waals surface area contributed by atoms with Crippen molar-refractivity contribution in [2.75, 3.05) is 24.6 Å². The summed E-state index contributed by atoms with van der Waals surface area (Å²) in [5.41, 5.74) is 0.0831. The molecule has 100 valence electrons. The maximum absolute atomic E-state index is 13.3. The Labute approximate surface area is 112 Å². The molecule has 5 nitrogen and oxygen atoms in total. The van der Waals surface area contributed by atoms with Crippen molar-refractivity contribution in [2.24, 2.45) is 0 Å². The van der Waals surface area contributed by atoms with E-state index in [9.17, 15) is 14.5 Å². The minimum absolute atomic E-state index is 0.00661. The minimum atomic E-state index is -0.663. The number of anilines is 1. The molecule has 7 heteroatoms. The minimum Gasteiger partial charge on any atom is -0.396 e. The molecule has 0 radical (unpaired) electrons. The maximum atomic E-state index is 13.3. The standard InChI is InChI=1S/C11H14BrFN2O3/c1-2-14(4-3-5-16)10-6-8(12)9(13)7-11(10)15(17)18/h6-7,16H,2-5H2,1H3. The van der Waals surface area contributed by atoms with Crippen LogP contribution in [0.25, 0.3) is 0 Å². The molecule has 0 unspecified atom stereocenters. The maximum Gasteiger partial charge on any atom is 0.295 e. The Morgan fingerprint density at radius 3 is 2.72 bits per heavy atom. The van der Waals surface area contributed by atoms with Crippen LogP contribution in [0.2, 0.25) is 0 Å². The molecule has 0 fully saturated rings. The van der Waals surface area contributed by atoms with Gasteiger partial charge < -0.3 is 10.0 Å². The Kier molecular flexibility index (Phi) is 5.49. The number of rotatable bonds is 6. The van der Waals surface area contributed by atoms with Crippen molar-refractivity contribution in [3.8, 4) is 0 Å². The summed E-state index contributed by atoms with van der Waals surface area (Å²) in [5.74, 6) is -0.663. The zero-order valence-corrected chi connectivity index (χ0v) is 11.5. The number of nitrogens with zero attached hydrogens (tertiary/aromatic N) is 2. The van der Waals surface area contributed by atoms with Gasteiger partial charge in [-0.1, -0.05) is 0 Å². The molecule has 1 aromatic rings. The highest BCUT2D eigenvalue weighted by Gasteiger charge is 2.21. The third-order valence-corrected chi connectivity index (χ3v) is 3.13. The van der Waals surface area contributed by atoms with Gasteiger partial charge in [0, 0.05) is 19.7 Å². The SMILES string of the molecule is CCN(CCCO)c1cc(Br)c(F)cc1[N+](=O)[O-]. The lowest BCUT2D eigenvalue weighted by atomic mass is 10.2. The van der Waals surface area contributed by atoms with E-state index in [-0.39, 0.29) is 16.8 Å². The van der Waals surface area contributed by atoms with Crippen molar-refractivity contribution in [2.45, 2.75) is 13.3 Å². The highest BCUT2D eigenvalue weighted by Crippen LogP contribution is 2.33. The van der Waals surface area contributed by atoms with Crippen molar-refractivity contribution < 1.29 is 14.4 Å². The van der Waals surface area contributed by atoms with E-state index in [1.807, 2.05) is 6.92 Å². The van der Waals surface area contributed by atoms with E-state index in [4.69, 9.17) is 5.11 Å². The molecule has 0 amide bonds. The van der Waals surface area contributed by atoms with Crippen LogP contribution in [0, 0.1) is 15.9 Å². The second kappa shape index (κ2) is 6.65. The Morgan fingerprint density at radius 1 is 1.56 bits per heavy atom. The number of benzene rings is 1. The summed E-state index contributed by atoms with van der Waals surface area (Å²) in [6.07, 6.45) is 0.500. The predicted molar refractivity (Wildman–Crippen MR) is 70.3 cm³/mol.